The molecule has 0 aromatic carbocycles. The third kappa shape index (κ3) is 5.59. The molecule has 0 aliphatic heterocycles. The van der Waals surface area contributed by atoms with E-state index < -0.39 is 0 Å². The third-order valence-corrected chi connectivity index (χ3v) is 4.41. The third-order valence-electron chi connectivity index (χ3n) is 2.34. The van der Waals surface area contributed by atoms with Gasteiger partial charge in [0.05, 0.1) is 0 Å². The smallest absolute Gasteiger partial charge is 0.00870 e. The normalized spacial score (nSPS) is 10.8. The minimum Gasteiger partial charge on any atom is -0.316 e. The molecule has 0 aliphatic rings. The van der Waals surface area contributed by atoms with E-state index in [0.717, 1.165) is 13.1 Å². The van der Waals surface area contributed by atoms with Crippen LogP contribution in [0.4, 0.5) is 0 Å². The van der Waals surface area contributed by atoms with Crippen molar-refractivity contribution in [3.8, 4) is 0 Å². The standard InChI is InChI=1S/C12H21NS2/c1-3-14-9-4-7-13-8-5-12-11(2)6-10-15-12/h6,10,13H,3-5,7-9H2,1-2H3. The van der Waals surface area contributed by atoms with Crippen LogP contribution >= 0.6 is 23.1 Å². The molecule has 0 amide bonds. The van der Waals surface area contributed by atoms with Crippen molar-refractivity contribution in [2.24, 2.45) is 0 Å². The van der Waals surface area contributed by atoms with Gasteiger partial charge in [-0.1, -0.05) is 6.92 Å². The highest BCUT2D eigenvalue weighted by Crippen LogP contribution is 2.15. The first-order valence-electron chi connectivity index (χ1n) is 5.66. The van der Waals surface area contributed by atoms with E-state index in [2.05, 4.69) is 30.6 Å². The largest absolute Gasteiger partial charge is 0.316 e. The summed E-state index contributed by atoms with van der Waals surface area (Å²) in [6.07, 6.45) is 2.48. The molecular formula is C12H21NS2. The number of thiophene rings is 1. The SMILES string of the molecule is CCSCCCNCCc1sccc1C. The summed E-state index contributed by atoms with van der Waals surface area (Å²) in [4.78, 5) is 1.53. The number of hydrogen-bond donors (Lipinski definition) is 1. The van der Waals surface area contributed by atoms with Crippen LogP contribution < -0.4 is 5.32 Å². The summed E-state index contributed by atoms with van der Waals surface area (Å²) < 4.78 is 0. The molecule has 0 atom stereocenters. The Hall–Kier alpha value is 0.0100. The van der Waals surface area contributed by atoms with Crippen LogP contribution in [0, 0.1) is 6.92 Å². The summed E-state index contributed by atoms with van der Waals surface area (Å²) in [5.74, 6) is 2.54. The first kappa shape index (κ1) is 13.1. The monoisotopic (exact) mass is 243 g/mol. The van der Waals surface area contributed by atoms with E-state index in [4.69, 9.17) is 0 Å². The molecule has 1 aromatic heterocycles. The van der Waals surface area contributed by atoms with Gasteiger partial charge in [-0.3, -0.25) is 0 Å². The molecule has 3 heteroatoms. The molecule has 0 spiro atoms. The van der Waals surface area contributed by atoms with Crippen molar-refractivity contribution in [3.05, 3.63) is 21.9 Å². The second-order valence-electron chi connectivity index (χ2n) is 3.58. The second kappa shape index (κ2) is 8.20. The summed E-state index contributed by atoms with van der Waals surface area (Å²) in [5.41, 5.74) is 1.45. The van der Waals surface area contributed by atoms with E-state index in [1.165, 1.54) is 34.8 Å². The lowest BCUT2D eigenvalue weighted by Gasteiger charge is -2.03. The van der Waals surface area contributed by atoms with Crippen LogP contribution in [0.2, 0.25) is 0 Å². The number of nitrogens with one attached hydrogen (secondary N) is 1. The van der Waals surface area contributed by atoms with Crippen LogP contribution in [0.1, 0.15) is 23.8 Å². The lowest BCUT2D eigenvalue weighted by Crippen LogP contribution is -2.18. The zero-order chi connectivity index (χ0) is 10.9. The van der Waals surface area contributed by atoms with E-state index >= 15 is 0 Å². The fraction of sp³-hybridized carbons (Fsp3) is 0.667. The molecular weight excluding hydrogens is 222 g/mol. The molecule has 0 unspecified atom stereocenters. The highest BCUT2D eigenvalue weighted by Gasteiger charge is 1.98. The average molecular weight is 243 g/mol. The second-order valence-corrected chi connectivity index (χ2v) is 5.97. The molecule has 1 aromatic rings. The van der Waals surface area contributed by atoms with Crippen LogP contribution in [0.15, 0.2) is 11.4 Å². The number of thioether (sulfide) groups is 1. The zero-order valence-electron chi connectivity index (χ0n) is 9.71. The van der Waals surface area contributed by atoms with Crippen molar-refractivity contribution >= 4 is 23.1 Å². The van der Waals surface area contributed by atoms with Crippen LogP contribution in [0.3, 0.4) is 0 Å². The predicted molar refractivity (Wildman–Crippen MR) is 73.2 cm³/mol. The summed E-state index contributed by atoms with van der Waals surface area (Å²) >= 11 is 3.91. The van der Waals surface area contributed by atoms with Gasteiger partial charge in [0.15, 0.2) is 0 Å². The maximum atomic E-state index is 3.50. The van der Waals surface area contributed by atoms with Gasteiger partial charge in [0.1, 0.15) is 0 Å². The Morgan fingerprint density at radius 3 is 2.93 bits per heavy atom. The maximum Gasteiger partial charge on any atom is 0.00870 e. The van der Waals surface area contributed by atoms with Crippen LogP contribution in [0.5, 0.6) is 0 Å². The van der Waals surface area contributed by atoms with Gasteiger partial charge < -0.3 is 5.32 Å². The van der Waals surface area contributed by atoms with Gasteiger partial charge in [-0.15, -0.1) is 11.3 Å². The van der Waals surface area contributed by atoms with E-state index in [1.807, 2.05) is 23.1 Å². The molecule has 0 bridgehead atoms. The number of aryl methyl sites for hydroxylation is 1. The lowest BCUT2D eigenvalue weighted by molar-refractivity contribution is 0.676. The van der Waals surface area contributed by atoms with Crippen LogP contribution in [-0.2, 0) is 6.42 Å². The van der Waals surface area contributed by atoms with E-state index in [-0.39, 0.29) is 0 Å². The Labute approximate surface area is 102 Å². The van der Waals surface area contributed by atoms with Gasteiger partial charge >= 0.3 is 0 Å². The van der Waals surface area contributed by atoms with Gasteiger partial charge in [0, 0.05) is 4.88 Å². The van der Waals surface area contributed by atoms with Gasteiger partial charge in [-0.05, 0) is 61.4 Å². The molecule has 0 aliphatic carbocycles. The molecule has 0 saturated heterocycles. The molecule has 0 radical (unpaired) electrons. The van der Waals surface area contributed by atoms with Crippen LogP contribution in [-0.4, -0.2) is 24.6 Å². The van der Waals surface area contributed by atoms with Crippen molar-refractivity contribution in [1.29, 1.82) is 0 Å². The predicted octanol–water partition coefficient (Wildman–Crippen LogP) is 3.33. The summed E-state index contributed by atoms with van der Waals surface area (Å²) in [6.45, 7) is 6.71. The topological polar surface area (TPSA) is 12.0 Å². The molecule has 0 fully saturated rings. The van der Waals surface area contributed by atoms with Crippen LogP contribution in [0.25, 0.3) is 0 Å². The Morgan fingerprint density at radius 2 is 2.27 bits per heavy atom. The van der Waals surface area contributed by atoms with E-state index in [0.29, 0.717) is 0 Å². The summed E-state index contributed by atoms with van der Waals surface area (Å²) in [5, 5.41) is 5.69. The van der Waals surface area contributed by atoms with Gasteiger partial charge in [0.25, 0.3) is 0 Å². The first-order valence-corrected chi connectivity index (χ1v) is 7.69. The van der Waals surface area contributed by atoms with Crippen molar-refractivity contribution in [3.63, 3.8) is 0 Å². The highest BCUT2D eigenvalue weighted by atomic mass is 32.2. The fourth-order valence-corrected chi connectivity index (χ4v) is 2.98. The van der Waals surface area contributed by atoms with Gasteiger partial charge in [-0.25, -0.2) is 0 Å². The molecule has 15 heavy (non-hydrogen) atoms. The Morgan fingerprint density at radius 1 is 1.40 bits per heavy atom. The number of hydrogen-bond acceptors (Lipinski definition) is 3. The van der Waals surface area contributed by atoms with Gasteiger partial charge in [-0.2, -0.15) is 11.8 Å². The fourth-order valence-electron chi connectivity index (χ4n) is 1.43. The molecule has 1 heterocycles. The molecule has 1 N–H and O–H groups in total. The minimum absolute atomic E-state index is 1.12. The Balaban J connectivity index is 1.96. The lowest BCUT2D eigenvalue weighted by atomic mass is 10.2. The zero-order valence-corrected chi connectivity index (χ0v) is 11.3. The Bertz CT molecular complexity index is 258. The minimum atomic E-state index is 1.12. The highest BCUT2D eigenvalue weighted by molar-refractivity contribution is 7.99. The van der Waals surface area contributed by atoms with Crippen molar-refractivity contribution < 1.29 is 0 Å². The quantitative estimate of drug-likeness (QED) is 0.703. The van der Waals surface area contributed by atoms with Gasteiger partial charge in [0.2, 0.25) is 0 Å². The maximum absolute atomic E-state index is 3.50. The summed E-state index contributed by atoms with van der Waals surface area (Å²) in [6, 6.07) is 2.21. The first-order chi connectivity index (χ1) is 7.34. The molecule has 1 nitrogen and oxygen atoms in total. The molecule has 1 rings (SSSR count). The molecule has 0 saturated carbocycles. The molecule has 86 valence electrons. The van der Waals surface area contributed by atoms with E-state index in [9.17, 15) is 0 Å². The number of rotatable bonds is 8. The van der Waals surface area contributed by atoms with Crippen molar-refractivity contribution in [1.82, 2.24) is 5.32 Å². The van der Waals surface area contributed by atoms with E-state index in [1.54, 1.807) is 0 Å². The van der Waals surface area contributed by atoms with Crippen molar-refractivity contribution in [2.45, 2.75) is 26.7 Å². The Kier molecular flexibility index (Phi) is 7.14. The van der Waals surface area contributed by atoms with Crippen molar-refractivity contribution in [2.75, 3.05) is 24.6 Å². The summed E-state index contributed by atoms with van der Waals surface area (Å²) in [7, 11) is 0. The average Bonchev–Trinajstić information content (AvgIpc) is 2.63.